The van der Waals surface area contributed by atoms with Crippen molar-refractivity contribution in [1.82, 2.24) is 10.6 Å². The summed E-state index contributed by atoms with van der Waals surface area (Å²) in [4.78, 5) is 23.1. The number of amides is 2. The Morgan fingerprint density at radius 3 is 3.10 bits per heavy atom. The molecule has 1 saturated heterocycles. The van der Waals surface area contributed by atoms with Crippen molar-refractivity contribution < 1.29 is 9.59 Å². The maximum absolute atomic E-state index is 11.8. The lowest BCUT2D eigenvalue weighted by atomic mass is 10.0. The van der Waals surface area contributed by atoms with Crippen LogP contribution < -0.4 is 16.0 Å². The number of carbonyl (C=O) groups excluding carboxylic acids is 2. The van der Waals surface area contributed by atoms with Gasteiger partial charge in [0.2, 0.25) is 11.8 Å². The summed E-state index contributed by atoms with van der Waals surface area (Å²) in [5, 5.41) is 9.13. The zero-order chi connectivity index (χ0) is 14.7. The molecule has 0 bridgehead atoms. The Kier molecular flexibility index (Phi) is 4.20. The van der Waals surface area contributed by atoms with Crippen LogP contribution in [0.1, 0.15) is 30.4 Å². The second kappa shape index (κ2) is 6.26. The number of carbonyl (C=O) groups is 2. The van der Waals surface area contributed by atoms with E-state index in [0.29, 0.717) is 18.9 Å². The SMILES string of the molecule is O=C1Cc2cc(CCCC(=O)NC3CCNC3)ccc2N1. The molecule has 5 heteroatoms. The van der Waals surface area contributed by atoms with Gasteiger partial charge in [0.25, 0.3) is 0 Å². The van der Waals surface area contributed by atoms with Gasteiger partial charge in [-0.15, -0.1) is 0 Å². The van der Waals surface area contributed by atoms with E-state index in [9.17, 15) is 9.59 Å². The van der Waals surface area contributed by atoms with Crippen LogP contribution in [0.4, 0.5) is 5.69 Å². The molecule has 2 heterocycles. The molecule has 0 radical (unpaired) electrons. The number of aryl methyl sites for hydroxylation is 1. The van der Waals surface area contributed by atoms with Crippen molar-refractivity contribution in [1.29, 1.82) is 0 Å². The number of hydrogen-bond acceptors (Lipinski definition) is 3. The quantitative estimate of drug-likeness (QED) is 0.756. The van der Waals surface area contributed by atoms with Gasteiger partial charge in [-0.3, -0.25) is 9.59 Å². The fourth-order valence-electron chi connectivity index (χ4n) is 2.97. The summed E-state index contributed by atoms with van der Waals surface area (Å²) in [5.74, 6) is 0.202. The average Bonchev–Trinajstić information content (AvgIpc) is 3.06. The molecular formula is C16H21N3O2. The Labute approximate surface area is 124 Å². The molecule has 1 aromatic rings. The van der Waals surface area contributed by atoms with Crippen molar-refractivity contribution in [3.63, 3.8) is 0 Å². The van der Waals surface area contributed by atoms with Crippen molar-refractivity contribution >= 4 is 17.5 Å². The average molecular weight is 287 g/mol. The molecule has 1 unspecified atom stereocenters. The normalized spacial score (nSPS) is 20.2. The Morgan fingerprint density at radius 1 is 1.38 bits per heavy atom. The van der Waals surface area contributed by atoms with Crippen molar-refractivity contribution in [3.8, 4) is 0 Å². The Morgan fingerprint density at radius 2 is 2.29 bits per heavy atom. The first-order valence-electron chi connectivity index (χ1n) is 7.62. The first-order valence-corrected chi connectivity index (χ1v) is 7.62. The second-order valence-electron chi connectivity index (χ2n) is 5.83. The molecule has 0 saturated carbocycles. The standard InChI is InChI=1S/C16H21N3O2/c20-15(18-13-6-7-17-10-13)3-1-2-11-4-5-14-12(8-11)9-16(21)19-14/h4-5,8,13,17H,1-3,6-7,9-10H2,(H,18,20)(H,19,21). The van der Waals surface area contributed by atoms with Crippen LogP contribution in [0.5, 0.6) is 0 Å². The largest absolute Gasteiger partial charge is 0.352 e. The van der Waals surface area contributed by atoms with Crippen LogP contribution in [0.2, 0.25) is 0 Å². The maximum Gasteiger partial charge on any atom is 0.228 e. The summed E-state index contributed by atoms with van der Waals surface area (Å²) in [5.41, 5.74) is 3.19. The zero-order valence-corrected chi connectivity index (χ0v) is 12.1. The van der Waals surface area contributed by atoms with Crippen LogP contribution in [-0.4, -0.2) is 30.9 Å². The highest BCUT2D eigenvalue weighted by atomic mass is 16.2. The topological polar surface area (TPSA) is 70.2 Å². The van der Waals surface area contributed by atoms with Crippen LogP contribution in [0, 0.1) is 0 Å². The zero-order valence-electron chi connectivity index (χ0n) is 12.1. The van der Waals surface area contributed by atoms with Crippen molar-refractivity contribution in [2.24, 2.45) is 0 Å². The summed E-state index contributed by atoms with van der Waals surface area (Å²) >= 11 is 0. The van der Waals surface area contributed by atoms with Gasteiger partial charge in [0, 0.05) is 24.7 Å². The lowest BCUT2D eigenvalue weighted by Gasteiger charge is -2.11. The fraction of sp³-hybridized carbons (Fsp3) is 0.500. The predicted molar refractivity (Wildman–Crippen MR) is 81.1 cm³/mol. The minimum atomic E-state index is 0.0618. The van der Waals surface area contributed by atoms with Crippen molar-refractivity contribution in [2.75, 3.05) is 18.4 Å². The predicted octanol–water partition coefficient (Wildman–Crippen LogP) is 0.982. The number of nitrogens with one attached hydrogen (secondary N) is 3. The van der Waals surface area contributed by atoms with Crippen LogP contribution in [0.3, 0.4) is 0 Å². The third kappa shape index (κ3) is 3.61. The Balaban J connectivity index is 1.44. The lowest BCUT2D eigenvalue weighted by Crippen LogP contribution is -2.36. The minimum Gasteiger partial charge on any atom is -0.352 e. The van der Waals surface area contributed by atoms with Crippen molar-refractivity contribution in [3.05, 3.63) is 29.3 Å². The van der Waals surface area contributed by atoms with E-state index in [1.807, 2.05) is 12.1 Å². The highest BCUT2D eigenvalue weighted by molar-refractivity contribution is 5.99. The summed E-state index contributed by atoms with van der Waals surface area (Å²) in [7, 11) is 0. The van der Waals surface area contributed by atoms with E-state index in [0.717, 1.165) is 43.6 Å². The molecule has 1 aromatic carbocycles. The first kappa shape index (κ1) is 14.1. The van der Waals surface area contributed by atoms with Crippen molar-refractivity contribution in [2.45, 2.75) is 38.1 Å². The van der Waals surface area contributed by atoms with Crippen LogP contribution in [0.25, 0.3) is 0 Å². The van der Waals surface area contributed by atoms with Crippen LogP contribution in [0.15, 0.2) is 18.2 Å². The molecule has 0 aromatic heterocycles. The highest BCUT2D eigenvalue weighted by Gasteiger charge is 2.18. The third-order valence-electron chi connectivity index (χ3n) is 4.09. The van der Waals surface area contributed by atoms with Gasteiger partial charge >= 0.3 is 0 Å². The van der Waals surface area contributed by atoms with Gasteiger partial charge in [-0.2, -0.15) is 0 Å². The Bertz CT molecular complexity index is 550. The number of rotatable bonds is 5. The van der Waals surface area contributed by atoms with Crippen LogP contribution >= 0.6 is 0 Å². The van der Waals surface area contributed by atoms with E-state index in [2.05, 4.69) is 22.0 Å². The van der Waals surface area contributed by atoms with Gasteiger partial charge in [-0.25, -0.2) is 0 Å². The molecule has 3 N–H and O–H groups in total. The lowest BCUT2D eigenvalue weighted by molar-refractivity contribution is -0.121. The number of hydrogen-bond donors (Lipinski definition) is 3. The molecule has 2 aliphatic rings. The van der Waals surface area contributed by atoms with E-state index < -0.39 is 0 Å². The molecular weight excluding hydrogens is 266 g/mol. The first-order chi connectivity index (χ1) is 10.2. The summed E-state index contributed by atoms with van der Waals surface area (Å²) < 4.78 is 0. The number of fused-ring (bicyclic) bond motifs is 1. The molecule has 0 spiro atoms. The van der Waals surface area contributed by atoms with Gasteiger partial charge in [0.1, 0.15) is 0 Å². The van der Waals surface area contributed by atoms with Gasteiger partial charge in [0.05, 0.1) is 6.42 Å². The summed E-state index contributed by atoms with van der Waals surface area (Å²) in [6.45, 7) is 1.88. The molecule has 3 rings (SSSR count). The summed E-state index contributed by atoms with van der Waals surface area (Å²) in [6, 6.07) is 6.37. The fourth-order valence-corrected chi connectivity index (χ4v) is 2.97. The minimum absolute atomic E-state index is 0.0618. The molecule has 1 atom stereocenters. The molecule has 2 amide bonds. The van der Waals surface area contributed by atoms with E-state index in [4.69, 9.17) is 0 Å². The second-order valence-corrected chi connectivity index (χ2v) is 5.83. The van der Waals surface area contributed by atoms with Crippen LogP contribution in [-0.2, 0) is 22.4 Å². The van der Waals surface area contributed by atoms with E-state index in [-0.39, 0.29) is 11.8 Å². The van der Waals surface area contributed by atoms with E-state index >= 15 is 0 Å². The molecule has 0 aliphatic carbocycles. The monoisotopic (exact) mass is 287 g/mol. The molecule has 2 aliphatic heterocycles. The third-order valence-corrected chi connectivity index (χ3v) is 4.09. The molecule has 21 heavy (non-hydrogen) atoms. The van der Waals surface area contributed by atoms with Gasteiger partial charge < -0.3 is 16.0 Å². The Hall–Kier alpha value is -1.88. The molecule has 1 fully saturated rings. The van der Waals surface area contributed by atoms with Gasteiger partial charge in [0.15, 0.2) is 0 Å². The number of benzene rings is 1. The summed E-state index contributed by atoms with van der Waals surface area (Å²) in [6.07, 6.45) is 3.77. The maximum atomic E-state index is 11.8. The highest BCUT2D eigenvalue weighted by Crippen LogP contribution is 2.24. The molecule has 5 nitrogen and oxygen atoms in total. The van der Waals surface area contributed by atoms with E-state index in [1.54, 1.807) is 0 Å². The van der Waals surface area contributed by atoms with Gasteiger partial charge in [-0.1, -0.05) is 12.1 Å². The van der Waals surface area contributed by atoms with E-state index in [1.165, 1.54) is 5.56 Å². The number of anilines is 1. The smallest absolute Gasteiger partial charge is 0.228 e. The van der Waals surface area contributed by atoms with Gasteiger partial charge in [-0.05, 0) is 43.0 Å². The molecule has 112 valence electrons.